The molecule has 24 heavy (non-hydrogen) atoms. The molecule has 0 heterocycles. The number of aliphatic hydroxyl groups excluding tert-OH is 2. The molecule has 4 heteroatoms. The van der Waals surface area contributed by atoms with Gasteiger partial charge in [-0.05, 0) is 61.3 Å². The van der Waals surface area contributed by atoms with E-state index in [1.54, 1.807) is 7.11 Å². The van der Waals surface area contributed by atoms with Gasteiger partial charge in [-0.1, -0.05) is 26.3 Å². The fourth-order valence-electron chi connectivity index (χ4n) is 7.20. The highest BCUT2D eigenvalue weighted by atomic mass is 16.6. The average molecular weight is 334 g/mol. The van der Waals surface area contributed by atoms with Crippen LogP contribution in [-0.2, 0) is 9.53 Å². The lowest BCUT2D eigenvalue weighted by atomic mass is 9.37. The van der Waals surface area contributed by atoms with Crippen molar-refractivity contribution in [3.8, 4) is 0 Å². The van der Waals surface area contributed by atoms with Crippen molar-refractivity contribution in [3.05, 3.63) is 12.2 Å². The highest BCUT2D eigenvalue weighted by molar-refractivity contribution is 6.02. The molecule has 8 atom stereocenters. The van der Waals surface area contributed by atoms with Crippen molar-refractivity contribution < 1.29 is 19.7 Å². The number of rotatable bonds is 2. The van der Waals surface area contributed by atoms with E-state index in [4.69, 9.17) is 4.74 Å². The fraction of sp³-hybridized carbons (Fsp3) is 0.850. The Labute approximate surface area is 144 Å². The van der Waals surface area contributed by atoms with Gasteiger partial charge in [0, 0.05) is 12.5 Å². The molecule has 0 radical (unpaired) electrons. The first-order valence-corrected chi connectivity index (χ1v) is 9.52. The largest absolute Gasteiger partial charge is 0.392 e. The molecule has 2 bridgehead atoms. The van der Waals surface area contributed by atoms with Crippen LogP contribution in [0.15, 0.2) is 12.2 Å². The molecule has 134 valence electrons. The number of carbonyl (C=O) groups excluding carboxylic acids is 1. The number of Topliss-reactive ketones (excluding diaryl/α,β-unsaturated/α-hetero) is 1. The van der Waals surface area contributed by atoms with Crippen LogP contribution in [0.25, 0.3) is 0 Å². The van der Waals surface area contributed by atoms with E-state index in [1.807, 2.05) is 0 Å². The summed E-state index contributed by atoms with van der Waals surface area (Å²) in [4.78, 5) is 13.2. The first-order valence-electron chi connectivity index (χ1n) is 9.52. The number of hydrogen-bond acceptors (Lipinski definition) is 4. The SMILES string of the molecule is C=C1C(=O)C23CCC1CC2C1(C(O)OC)CCCC(C)C1CC3O. The molecule has 5 aliphatic carbocycles. The summed E-state index contributed by atoms with van der Waals surface area (Å²) in [5, 5.41) is 22.1. The normalized spacial score (nSPS) is 51.9. The third kappa shape index (κ3) is 1.77. The minimum Gasteiger partial charge on any atom is -0.392 e. The molecule has 5 rings (SSSR count). The maximum Gasteiger partial charge on any atom is 0.167 e. The second kappa shape index (κ2) is 5.39. The number of carbonyl (C=O) groups is 1. The van der Waals surface area contributed by atoms with Crippen LogP contribution in [0.4, 0.5) is 0 Å². The third-order valence-corrected chi connectivity index (χ3v) is 8.31. The van der Waals surface area contributed by atoms with Gasteiger partial charge in [-0.25, -0.2) is 0 Å². The molecule has 8 unspecified atom stereocenters. The maximum atomic E-state index is 13.2. The van der Waals surface area contributed by atoms with Gasteiger partial charge in [0.05, 0.1) is 11.5 Å². The standard InChI is InChI=1S/C20H30O4/c1-11-5-4-7-19(18(23)24-3)14(11)10-16(21)20-8-6-13(9-15(19)20)12(2)17(20)22/h11,13-16,18,21,23H,2,4-10H2,1,3H3. The molecule has 0 amide bonds. The number of methoxy groups -OCH3 is 1. The van der Waals surface area contributed by atoms with Crippen molar-refractivity contribution in [2.24, 2.45) is 34.5 Å². The van der Waals surface area contributed by atoms with Gasteiger partial charge in [-0.3, -0.25) is 4.79 Å². The summed E-state index contributed by atoms with van der Waals surface area (Å²) in [5.74, 6) is 0.949. The number of ether oxygens (including phenoxy) is 1. The van der Waals surface area contributed by atoms with Crippen LogP contribution in [0.5, 0.6) is 0 Å². The Morgan fingerprint density at radius 2 is 2.04 bits per heavy atom. The number of allylic oxidation sites excluding steroid dienone is 1. The van der Waals surface area contributed by atoms with Crippen LogP contribution >= 0.6 is 0 Å². The van der Waals surface area contributed by atoms with Gasteiger partial charge in [-0.15, -0.1) is 0 Å². The molecule has 0 aromatic heterocycles. The van der Waals surface area contributed by atoms with Gasteiger partial charge < -0.3 is 14.9 Å². The molecule has 1 spiro atoms. The lowest BCUT2D eigenvalue weighted by molar-refractivity contribution is -0.282. The van der Waals surface area contributed by atoms with Crippen molar-refractivity contribution in [1.82, 2.24) is 0 Å². The first-order chi connectivity index (χ1) is 11.4. The lowest BCUT2D eigenvalue weighted by Gasteiger charge is -2.67. The highest BCUT2D eigenvalue weighted by Crippen LogP contribution is 2.70. The van der Waals surface area contributed by atoms with E-state index in [0.29, 0.717) is 17.9 Å². The minimum absolute atomic E-state index is 0.00759. The Hall–Kier alpha value is -0.710. The van der Waals surface area contributed by atoms with E-state index in [2.05, 4.69) is 13.5 Å². The van der Waals surface area contributed by atoms with Gasteiger partial charge >= 0.3 is 0 Å². The summed E-state index contributed by atoms with van der Waals surface area (Å²) in [6.07, 6.45) is 4.74. The summed E-state index contributed by atoms with van der Waals surface area (Å²) in [7, 11) is 1.56. The van der Waals surface area contributed by atoms with Crippen molar-refractivity contribution in [2.75, 3.05) is 7.11 Å². The Kier molecular flexibility index (Phi) is 3.76. The summed E-state index contributed by atoms with van der Waals surface area (Å²) in [6.45, 7) is 6.28. The zero-order chi connectivity index (χ0) is 17.3. The van der Waals surface area contributed by atoms with Gasteiger partial charge in [-0.2, -0.15) is 0 Å². The van der Waals surface area contributed by atoms with Gasteiger partial charge in [0.15, 0.2) is 12.1 Å². The van der Waals surface area contributed by atoms with Crippen molar-refractivity contribution in [1.29, 1.82) is 0 Å². The van der Waals surface area contributed by atoms with E-state index in [1.165, 1.54) is 0 Å². The van der Waals surface area contributed by atoms with E-state index < -0.39 is 23.2 Å². The predicted octanol–water partition coefficient (Wildman–Crippen LogP) is 2.68. The predicted molar refractivity (Wildman–Crippen MR) is 90.0 cm³/mol. The average Bonchev–Trinajstić information content (AvgIpc) is 2.59. The molecule has 0 saturated heterocycles. The lowest BCUT2D eigenvalue weighted by Crippen LogP contribution is -2.70. The molecular weight excluding hydrogens is 304 g/mol. The molecule has 0 aliphatic heterocycles. The van der Waals surface area contributed by atoms with E-state index >= 15 is 0 Å². The number of fused-ring (bicyclic) bond motifs is 3. The van der Waals surface area contributed by atoms with Crippen LogP contribution in [0.2, 0.25) is 0 Å². The number of ketones is 1. The van der Waals surface area contributed by atoms with E-state index in [9.17, 15) is 15.0 Å². The zero-order valence-corrected chi connectivity index (χ0v) is 14.8. The first kappa shape index (κ1) is 16.7. The Morgan fingerprint density at radius 1 is 1.29 bits per heavy atom. The van der Waals surface area contributed by atoms with Gasteiger partial charge in [0.25, 0.3) is 0 Å². The number of hydrogen-bond donors (Lipinski definition) is 2. The smallest absolute Gasteiger partial charge is 0.167 e. The van der Waals surface area contributed by atoms with Crippen LogP contribution in [0.3, 0.4) is 0 Å². The van der Waals surface area contributed by atoms with Gasteiger partial charge in [0.1, 0.15) is 0 Å². The molecule has 4 nitrogen and oxygen atoms in total. The van der Waals surface area contributed by atoms with Crippen molar-refractivity contribution in [3.63, 3.8) is 0 Å². The summed E-state index contributed by atoms with van der Waals surface area (Å²) < 4.78 is 5.49. The quantitative estimate of drug-likeness (QED) is 0.602. The van der Waals surface area contributed by atoms with E-state index in [-0.39, 0.29) is 23.5 Å². The molecule has 0 aromatic carbocycles. The van der Waals surface area contributed by atoms with Crippen LogP contribution in [-0.4, -0.2) is 35.5 Å². The monoisotopic (exact) mass is 334 g/mol. The van der Waals surface area contributed by atoms with E-state index in [0.717, 1.165) is 38.5 Å². The second-order valence-electron chi connectivity index (χ2n) is 8.85. The zero-order valence-electron chi connectivity index (χ0n) is 14.8. The molecule has 5 saturated carbocycles. The van der Waals surface area contributed by atoms with Crippen molar-refractivity contribution in [2.45, 2.75) is 64.3 Å². The molecular formula is C20H30O4. The highest BCUT2D eigenvalue weighted by Gasteiger charge is 2.71. The fourth-order valence-corrected chi connectivity index (χ4v) is 7.20. The van der Waals surface area contributed by atoms with Crippen molar-refractivity contribution >= 4 is 5.78 Å². The van der Waals surface area contributed by atoms with Crippen LogP contribution < -0.4 is 0 Å². The van der Waals surface area contributed by atoms with Crippen LogP contribution in [0.1, 0.15) is 51.9 Å². The molecule has 2 N–H and O–H groups in total. The third-order valence-electron chi connectivity index (χ3n) is 8.31. The summed E-state index contributed by atoms with van der Waals surface area (Å²) in [5.41, 5.74) is -0.430. The van der Waals surface area contributed by atoms with Gasteiger partial charge in [0.2, 0.25) is 0 Å². The Bertz CT molecular complexity index is 572. The van der Waals surface area contributed by atoms with Crippen LogP contribution in [0, 0.1) is 34.5 Å². The maximum absolute atomic E-state index is 13.2. The minimum atomic E-state index is -0.861. The molecule has 5 fully saturated rings. The number of aliphatic hydroxyl groups is 2. The second-order valence-corrected chi connectivity index (χ2v) is 8.85. The Balaban J connectivity index is 1.88. The summed E-state index contributed by atoms with van der Waals surface area (Å²) in [6, 6.07) is 0. The molecule has 5 aliphatic rings. The summed E-state index contributed by atoms with van der Waals surface area (Å²) >= 11 is 0. The Morgan fingerprint density at radius 3 is 2.75 bits per heavy atom. The molecule has 0 aromatic rings. The topological polar surface area (TPSA) is 66.8 Å².